The van der Waals surface area contributed by atoms with Crippen LogP contribution < -0.4 is 29.6 Å². The summed E-state index contributed by atoms with van der Waals surface area (Å²) >= 11 is 5.51. The number of nitrogens with zero attached hydrogens (tertiary/aromatic N) is 1. The maximum absolute atomic E-state index is 11.1. The summed E-state index contributed by atoms with van der Waals surface area (Å²) in [5, 5.41) is 0. The number of thiocarbonyl (C=S) groups is 1. The number of hydrogen-bond acceptors (Lipinski definition) is 5. The van der Waals surface area contributed by atoms with E-state index < -0.39 is 10.1 Å². The van der Waals surface area contributed by atoms with E-state index >= 15 is 0 Å². The standard InChI is InChI=1S/C24H38N2O3S2.Na/c1-2-3-4-5-6-7-8-9-10-11-12-13-14-15-20(30)18-24-25-22-17-16-21(31(27,28)29)19-23(22)26-24;/h16-17,19H,2-15,18H2,1H3,(H,25,26)(H,27,28,29);/q;+1/p-1. The van der Waals surface area contributed by atoms with Crippen molar-refractivity contribution in [3.8, 4) is 0 Å². The van der Waals surface area contributed by atoms with E-state index in [1.807, 2.05) is 0 Å². The van der Waals surface area contributed by atoms with Crippen LogP contribution in [-0.4, -0.2) is 27.8 Å². The summed E-state index contributed by atoms with van der Waals surface area (Å²) in [6.07, 6.45) is 18.8. The molecule has 2 aromatic rings. The number of imidazole rings is 1. The number of nitrogens with one attached hydrogen (secondary N) is 1. The smallest absolute Gasteiger partial charge is 0.744 e. The van der Waals surface area contributed by atoms with Crippen LogP contribution in [0.5, 0.6) is 0 Å². The van der Waals surface area contributed by atoms with E-state index in [1.54, 1.807) is 6.07 Å². The molecule has 32 heavy (non-hydrogen) atoms. The number of rotatable bonds is 17. The van der Waals surface area contributed by atoms with Crippen molar-refractivity contribution >= 4 is 38.2 Å². The molecule has 0 amide bonds. The maximum Gasteiger partial charge on any atom is 1.00 e. The molecule has 0 saturated heterocycles. The van der Waals surface area contributed by atoms with Gasteiger partial charge in [0.05, 0.1) is 15.9 Å². The van der Waals surface area contributed by atoms with Crippen molar-refractivity contribution in [3.63, 3.8) is 0 Å². The number of H-pyrrole nitrogens is 1. The third-order valence-corrected chi connectivity index (χ3v) is 6.90. The monoisotopic (exact) mass is 488 g/mol. The molecule has 0 bridgehead atoms. The molecule has 0 aliphatic carbocycles. The number of aromatic nitrogens is 2. The molecule has 1 N–H and O–H groups in total. The second-order valence-electron chi connectivity index (χ2n) is 8.52. The van der Waals surface area contributed by atoms with Gasteiger partial charge in [-0.15, -0.1) is 0 Å². The van der Waals surface area contributed by atoms with Crippen LogP contribution in [0.25, 0.3) is 11.0 Å². The van der Waals surface area contributed by atoms with Crippen LogP contribution >= 0.6 is 12.2 Å². The molecule has 0 spiro atoms. The van der Waals surface area contributed by atoms with Crippen LogP contribution in [0.4, 0.5) is 0 Å². The molecule has 8 heteroatoms. The van der Waals surface area contributed by atoms with Gasteiger partial charge in [-0.1, -0.05) is 96.2 Å². The Morgan fingerprint density at radius 3 is 2.00 bits per heavy atom. The Bertz CT molecular complexity index is 913. The summed E-state index contributed by atoms with van der Waals surface area (Å²) in [6, 6.07) is 4.19. The molecule has 0 atom stereocenters. The zero-order valence-electron chi connectivity index (χ0n) is 19.8. The second kappa shape index (κ2) is 16.3. The first-order valence-corrected chi connectivity index (χ1v) is 13.7. The average molecular weight is 489 g/mol. The molecular formula is C24H37N2NaO3S2. The Kier molecular flexibility index (Phi) is 15.2. The molecule has 1 aromatic heterocycles. The number of benzene rings is 1. The summed E-state index contributed by atoms with van der Waals surface area (Å²) in [5.41, 5.74) is 1.20. The fraction of sp³-hybridized carbons (Fsp3) is 0.667. The van der Waals surface area contributed by atoms with Crippen molar-refractivity contribution in [2.24, 2.45) is 0 Å². The fourth-order valence-corrected chi connectivity index (χ4v) is 4.66. The summed E-state index contributed by atoms with van der Waals surface area (Å²) in [7, 11) is -4.47. The van der Waals surface area contributed by atoms with E-state index in [0.717, 1.165) is 23.5 Å². The molecule has 174 valence electrons. The van der Waals surface area contributed by atoms with Gasteiger partial charge in [0.15, 0.2) is 0 Å². The molecule has 0 radical (unpaired) electrons. The third-order valence-electron chi connectivity index (χ3n) is 5.72. The summed E-state index contributed by atoms with van der Waals surface area (Å²) in [4.78, 5) is 8.25. The van der Waals surface area contributed by atoms with Gasteiger partial charge in [-0.25, -0.2) is 13.4 Å². The van der Waals surface area contributed by atoms with Gasteiger partial charge in [0.2, 0.25) is 0 Å². The molecule has 0 aliphatic heterocycles. The van der Waals surface area contributed by atoms with Crippen molar-refractivity contribution in [1.29, 1.82) is 0 Å². The summed E-state index contributed by atoms with van der Waals surface area (Å²) < 4.78 is 33.4. The Morgan fingerprint density at radius 1 is 0.938 bits per heavy atom. The van der Waals surface area contributed by atoms with Gasteiger partial charge in [-0.3, -0.25) is 0 Å². The topological polar surface area (TPSA) is 85.9 Å². The zero-order valence-corrected chi connectivity index (χ0v) is 23.5. The second-order valence-corrected chi connectivity index (χ2v) is 10.5. The van der Waals surface area contributed by atoms with Crippen molar-refractivity contribution in [1.82, 2.24) is 9.97 Å². The molecule has 1 heterocycles. The number of hydrogen-bond donors (Lipinski definition) is 1. The SMILES string of the molecule is CCCCCCCCCCCCCCCC(=S)Cc1nc2cc(S(=O)(=O)[O-])ccc2[nH]1.[Na+]. The van der Waals surface area contributed by atoms with E-state index in [2.05, 4.69) is 16.9 Å². The molecule has 0 aliphatic rings. The van der Waals surface area contributed by atoms with E-state index in [-0.39, 0.29) is 34.5 Å². The van der Waals surface area contributed by atoms with Gasteiger partial charge in [-0.2, -0.15) is 0 Å². The van der Waals surface area contributed by atoms with Gasteiger partial charge >= 0.3 is 29.6 Å². The average Bonchev–Trinajstić information content (AvgIpc) is 3.12. The predicted octanol–water partition coefficient (Wildman–Crippen LogP) is 3.86. The van der Waals surface area contributed by atoms with E-state index in [0.29, 0.717) is 17.5 Å². The van der Waals surface area contributed by atoms with Crippen molar-refractivity contribution in [3.05, 3.63) is 24.0 Å². The minimum Gasteiger partial charge on any atom is -0.744 e. The number of aromatic amines is 1. The minimum absolute atomic E-state index is 0. The minimum atomic E-state index is -4.47. The van der Waals surface area contributed by atoms with E-state index in [1.165, 1.54) is 89.2 Å². The van der Waals surface area contributed by atoms with E-state index in [4.69, 9.17) is 12.2 Å². The normalized spacial score (nSPS) is 11.6. The summed E-state index contributed by atoms with van der Waals surface area (Å²) in [5.74, 6) is 0.718. The molecule has 0 unspecified atom stereocenters. The van der Waals surface area contributed by atoms with Crippen molar-refractivity contribution in [2.75, 3.05) is 0 Å². The number of fused-ring (bicyclic) bond motifs is 1. The van der Waals surface area contributed by atoms with Crippen molar-refractivity contribution < 1.29 is 42.5 Å². The van der Waals surface area contributed by atoms with E-state index in [9.17, 15) is 13.0 Å². The van der Waals surface area contributed by atoms with Gasteiger partial charge < -0.3 is 9.54 Å². The predicted molar refractivity (Wildman–Crippen MR) is 131 cm³/mol. The fourth-order valence-electron chi connectivity index (χ4n) is 3.89. The van der Waals surface area contributed by atoms with Crippen LogP contribution in [0, 0.1) is 0 Å². The molecule has 0 fully saturated rings. The van der Waals surface area contributed by atoms with Gasteiger partial charge in [0, 0.05) is 11.3 Å². The Hall–Kier alpha value is -0.310. The first kappa shape index (κ1) is 29.7. The van der Waals surface area contributed by atoms with Crippen LogP contribution in [-0.2, 0) is 16.5 Å². The first-order valence-electron chi connectivity index (χ1n) is 11.9. The van der Waals surface area contributed by atoms with Gasteiger partial charge in [0.1, 0.15) is 15.9 Å². The number of unbranched alkanes of at least 4 members (excludes halogenated alkanes) is 12. The molecular weight excluding hydrogens is 451 g/mol. The van der Waals surface area contributed by atoms with Crippen LogP contribution in [0.15, 0.2) is 23.1 Å². The van der Waals surface area contributed by atoms with Gasteiger partial charge in [0.25, 0.3) is 0 Å². The molecule has 0 saturated carbocycles. The van der Waals surface area contributed by atoms with Crippen molar-refractivity contribution in [2.45, 2.75) is 108 Å². The Balaban J connectivity index is 0.00000512. The quantitative estimate of drug-likeness (QED) is 0.158. The molecule has 2 rings (SSSR count). The third kappa shape index (κ3) is 11.7. The van der Waals surface area contributed by atoms with Crippen LogP contribution in [0.1, 0.15) is 103 Å². The largest absolute Gasteiger partial charge is 1.00 e. The molecule has 1 aromatic carbocycles. The molecule has 5 nitrogen and oxygen atoms in total. The Morgan fingerprint density at radius 2 is 1.47 bits per heavy atom. The Labute approximate surface area is 221 Å². The van der Waals surface area contributed by atoms with Crippen LogP contribution in [0.2, 0.25) is 0 Å². The van der Waals surface area contributed by atoms with Crippen LogP contribution in [0.3, 0.4) is 0 Å². The first-order chi connectivity index (χ1) is 14.9. The van der Waals surface area contributed by atoms with Gasteiger partial charge in [-0.05, 0) is 31.0 Å². The zero-order chi connectivity index (χ0) is 22.5. The maximum atomic E-state index is 11.1. The summed E-state index contributed by atoms with van der Waals surface area (Å²) in [6.45, 7) is 2.26.